The van der Waals surface area contributed by atoms with Crippen molar-refractivity contribution in [1.29, 1.82) is 0 Å². The van der Waals surface area contributed by atoms with Crippen molar-refractivity contribution in [2.75, 3.05) is 26.2 Å². The number of hydrogen-bond donors (Lipinski definition) is 1. The number of benzene rings is 1. The van der Waals surface area contributed by atoms with Crippen molar-refractivity contribution in [1.82, 2.24) is 10.2 Å². The average molecular weight is 366 g/mol. The van der Waals surface area contributed by atoms with Crippen LogP contribution in [0.25, 0.3) is 0 Å². The quantitative estimate of drug-likeness (QED) is 0.895. The Labute approximate surface area is 146 Å². The van der Waals surface area contributed by atoms with Crippen LogP contribution in [0, 0.1) is 11.8 Å². The smallest absolute Gasteiger partial charge is 0.263 e. The lowest BCUT2D eigenvalue weighted by Crippen LogP contribution is -2.40. The molecule has 22 heavy (non-hydrogen) atoms. The molecule has 1 aromatic rings. The Morgan fingerprint density at radius 2 is 1.95 bits per heavy atom. The number of hydrogen-bond acceptors (Lipinski definition) is 3. The van der Waals surface area contributed by atoms with E-state index in [9.17, 15) is 4.79 Å². The molecule has 1 unspecified atom stereocenters. The minimum atomic E-state index is -0.562. The summed E-state index contributed by atoms with van der Waals surface area (Å²) in [7, 11) is 0. The van der Waals surface area contributed by atoms with Gasteiger partial charge in [-0.3, -0.25) is 4.79 Å². The van der Waals surface area contributed by atoms with Crippen LogP contribution in [-0.4, -0.2) is 43.1 Å². The third-order valence-electron chi connectivity index (χ3n) is 4.27. The fraction of sp³-hybridized carbons (Fsp3) is 0.533. The van der Waals surface area contributed by atoms with Gasteiger partial charge in [-0.25, -0.2) is 0 Å². The first-order valence-corrected chi connectivity index (χ1v) is 7.92. The van der Waals surface area contributed by atoms with Gasteiger partial charge in [0.05, 0.1) is 5.02 Å². The van der Waals surface area contributed by atoms with Crippen LogP contribution in [0.1, 0.15) is 6.92 Å². The Balaban J connectivity index is 0.00000176. The zero-order chi connectivity index (χ0) is 15.0. The Bertz CT molecular complexity index is 544. The first-order chi connectivity index (χ1) is 10.1. The molecule has 0 saturated carbocycles. The molecule has 0 bridgehead atoms. The van der Waals surface area contributed by atoms with Crippen molar-refractivity contribution in [2.45, 2.75) is 13.0 Å². The summed E-state index contributed by atoms with van der Waals surface area (Å²) in [5.41, 5.74) is 0. The van der Waals surface area contributed by atoms with E-state index >= 15 is 0 Å². The number of nitrogens with one attached hydrogen (secondary N) is 1. The summed E-state index contributed by atoms with van der Waals surface area (Å²) in [6.45, 7) is 5.39. The number of amides is 1. The Morgan fingerprint density at radius 3 is 2.59 bits per heavy atom. The molecule has 2 aliphatic rings. The summed E-state index contributed by atoms with van der Waals surface area (Å²) >= 11 is 12.0. The summed E-state index contributed by atoms with van der Waals surface area (Å²) in [5.74, 6) is 1.62. The first-order valence-electron chi connectivity index (χ1n) is 7.16. The van der Waals surface area contributed by atoms with Gasteiger partial charge in [-0.15, -0.1) is 12.4 Å². The van der Waals surface area contributed by atoms with Gasteiger partial charge in [-0.05, 0) is 30.9 Å². The molecule has 0 radical (unpaired) electrons. The molecule has 4 nitrogen and oxygen atoms in total. The molecule has 7 heteroatoms. The maximum Gasteiger partial charge on any atom is 0.263 e. The molecule has 3 atom stereocenters. The molecule has 2 heterocycles. The third kappa shape index (κ3) is 3.46. The van der Waals surface area contributed by atoms with E-state index in [2.05, 4.69) is 5.32 Å². The second-order valence-corrected chi connectivity index (χ2v) is 6.52. The summed E-state index contributed by atoms with van der Waals surface area (Å²) in [6.07, 6.45) is -0.562. The third-order valence-corrected chi connectivity index (χ3v) is 5.07. The number of fused-ring (bicyclic) bond motifs is 1. The van der Waals surface area contributed by atoms with Crippen LogP contribution in [0.15, 0.2) is 18.2 Å². The van der Waals surface area contributed by atoms with E-state index in [0.717, 1.165) is 26.2 Å². The Kier molecular flexibility index (Phi) is 5.83. The molecule has 3 rings (SSSR count). The van der Waals surface area contributed by atoms with E-state index in [4.69, 9.17) is 27.9 Å². The van der Waals surface area contributed by atoms with Gasteiger partial charge in [-0.2, -0.15) is 0 Å². The van der Waals surface area contributed by atoms with Gasteiger partial charge in [-0.1, -0.05) is 29.3 Å². The highest BCUT2D eigenvalue weighted by Gasteiger charge is 2.39. The van der Waals surface area contributed by atoms with Gasteiger partial charge in [0.15, 0.2) is 6.10 Å². The molecule has 1 aromatic carbocycles. The normalized spacial score (nSPS) is 24.6. The maximum absolute atomic E-state index is 12.5. The van der Waals surface area contributed by atoms with Crippen molar-refractivity contribution in [3.63, 3.8) is 0 Å². The van der Waals surface area contributed by atoms with Crippen LogP contribution >= 0.6 is 35.6 Å². The summed E-state index contributed by atoms with van der Waals surface area (Å²) in [6, 6.07) is 5.17. The fourth-order valence-corrected chi connectivity index (χ4v) is 3.44. The number of halogens is 3. The second-order valence-electron chi connectivity index (χ2n) is 5.73. The second kappa shape index (κ2) is 7.26. The van der Waals surface area contributed by atoms with Crippen LogP contribution in [0.3, 0.4) is 0 Å². The molecule has 2 saturated heterocycles. The van der Waals surface area contributed by atoms with E-state index in [0.29, 0.717) is 27.6 Å². The minimum Gasteiger partial charge on any atom is -0.479 e. The Morgan fingerprint density at radius 1 is 1.32 bits per heavy atom. The molecule has 122 valence electrons. The van der Waals surface area contributed by atoms with Gasteiger partial charge < -0.3 is 15.0 Å². The highest BCUT2D eigenvalue weighted by atomic mass is 35.5. The van der Waals surface area contributed by atoms with Gasteiger partial charge in [0.2, 0.25) is 0 Å². The van der Waals surface area contributed by atoms with Gasteiger partial charge >= 0.3 is 0 Å². The van der Waals surface area contributed by atoms with Gasteiger partial charge in [0, 0.05) is 26.2 Å². The number of nitrogens with zero attached hydrogens (tertiary/aromatic N) is 1. The van der Waals surface area contributed by atoms with Gasteiger partial charge in [0.1, 0.15) is 10.8 Å². The number of rotatable bonds is 3. The molecular weight excluding hydrogens is 347 g/mol. The molecule has 0 aromatic heterocycles. The lowest BCUT2D eigenvalue weighted by Gasteiger charge is -2.23. The summed E-state index contributed by atoms with van der Waals surface area (Å²) < 4.78 is 5.70. The first kappa shape index (κ1) is 17.7. The number of carbonyl (C=O) groups is 1. The van der Waals surface area contributed by atoms with Crippen molar-refractivity contribution in [3.8, 4) is 5.75 Å². The van der Waals surface area contributed by atoms with E-state index in [1.807, 2.05) is 4.90 Å². The monoisotopic (exact) mass is 364 g/mol. The van der Waals surface area contributed by atoms with Crippen molar-refractivity contribution < 1.29 is 9.53 Å². The topological polar surface area (TPSA) is 41.6 Å². The van der Waals surface area contributed by atoms with E-state index in [1.54, 1.807) is 25.1 Å². The van der Waals surface area contributed by atoms with Crippen LogP contribution in [-0.2, 0) is 4.79 Å². The molecule has 1 amide bonds. The van der Waals surface area contributed by atoms with Crippen LogP contribution in [0.4, 0.5) is 0 Å². The lowest BCUT2D eigenvalue weighted by molar-refractivity contribution is -0.137. The zero-order valence-electron chi connectivity index (χ0n) is 12.2. The van der Waals surface area contributed by atoms with E-state index in [1.165, 1.54) is 0 Å². The zero-order valence-corrected chi connectivity index (χ0v) is 14.5. The molecule has 2 fully saturated rings. The summed E-state index contributed by atoms with van der Waals surface area (Å²) in [4.78, 5) is 14.4. The predicted octanol–water partition coefficient (Wildman–Crippen LogP) is 2.86. The number of carbonyl (C=O) groups excluding carboxylic acids is 1. The number of ether oxygens (including phenoxy) is 1. The van der Waals surface area contributed by atoms with Crippen molar-refractivity contribution in [2.24, 2.45) is 11.8 Å². The van der Waals surface area contributed by atoms with Crippen LogP contribution in [0.2, 0.25) is 10.0 Å². The largest absolute Gasteiger partial charge is 0.479 e. The van der Waals surface area contributed by atoms with Gasteiger partial charge in [0.25, 0.3) is 5.91 Å². The molecule has 0 spiro atoms. The highest BCUT2D eigenvalue weighted by Crippen LogP contribution is 2.33. The summed E-state index contributed by atoms with van der Waals surface area (Å²) in [5, 5.41) is 4.14. The van der Waals surface area contributed by atoms with Crippen molar-refractivity contribution >= 4 is 41.5 Å². The highest BCUT2D eigenvalue weighted by molar-refractivity contribution is 6.42. The minimum absolute atomic E-state index is 0. The molecule has 0 aliphatic carbocycles. The predicted molar refractivity (Wildman–Crippen MR) is 90.2 cm³/mol. The van der Waals surface area contributed by atoms with E-state index in [-0.39, 0.29) is 18.3 Å². The SMILES string of the molecule is CC(Oc1cccc(Cl)c1Cl)C(=O)N1C[C@H]2CNC[C@H]2C1.Cl. The molecular formula is C15H19Cl3N2O2. The molecule has 1 N–H and O–H groups in total. The van der Waals surface area contributed by atoms with Crippen molar-refractivity contribution in [3.05, 3.63) is 28.2 Å². The lowest BCUT2D eigenvalue weighted by atomic mass is 10.0. The van der Waals surface area contributed by atoms with Crippen LogP contribution < -0.4 is 10.1 Å². The Hall–Kier alpha value is -0.680. The fourth-order valence-electron chi connectivity index (χ4n) is 3.11. The number of likely N-dealkylation sites (tertiary alicyclic amines) is 1. The van der Waals surface area contributed by atoms with Crippen LogP contribution in [0.5, 0.6) is 5.75 Å². The van der Waals surface area contributed by atoms with E-state index < -0.39 is 6.10 Å². The average Bonchev–Trinajstić information content (AvgIpc) is 3.04. The molecule has 2 aliphatic heterocycles. The maximum atomic E-state index is 12.5. The standard InChI is InChI=1S/C15H18Cl2N2O2.ClH/c1-9(21-13-4-2-3-12(16)14(13)17)15(20)19-7-10-5-18-6-11(10)8-19;/h2-4,9-11,18H,5-8H2,1H3;1H/t9?,10-,11+;.